The lowest BCUT2D eigenvalue weighted by molar-refractivity contribution is 0.576. The quantitative estimate of drug-likeness (QED) is 0.731. The molecule has 0 fully saturated rings. The first-order chi connectivity index (χ1) is 12.1. The highest BCUT2D eigenvalue weighted by atomic mass is 32.2. The van der Waals surface area contributed by atoms with E-state index in [4.69, 9.17) is 0 Å². The summed E-state index contributed by atoms with van der Waals surface area (Å²) in [6.45, 7) is 0. The van der Waals surface area contributed by atoms with Gasteiger partial charge in [0.1, 0.15) is 6.04 Å². The summed E-state index contributed by atoms with van der Waals surface area (Å²) in [5.41, 5.74) is 1.63. The Balaban J connectivity index is 1.94. The van der Waals surface area contributed by atoms with E-state index in [1.54, 1.807) is 30.3 Å². The number of benzene rings is 3. The van der Waals surface area contributed by atoms with Crippen molar-refractivity contribution >= 4 is 10.0 Å². The molecule has 0 amide bonds. The molecule has 0 aromatic heterocycles. The maximum atomic E-state index is 12.6. The van der Waals surface area contributed by atoms with Gasteiger partial charge in [0.2, 0.25) is 10.0 Å². The SMILES string of the molecule is O=S(=O)(NC(C#Cc1ccccc1)c1ccccc1)c1ccccc1. The van der Waals surface area contributed by atoms with Crippen molar-refractivity contribution in [1.29, 1.82) is 0 Å². The molecule has 0 aliphatic carbocycles. The molecule has 0 aliphatic rings. The molecule has 3 aromatic rings. The highest BCUT2D eigenvalue weighted by molar-refractivity contribution is 7.89. The molecule has 0 heterocycles. The summed E-state index contributed by atoms with van der Waals surface area (Å²) >= 11 is 0. The van der Waals surface area contributed by atoms with Crippen LogP contribution in [0, 0.1) is 11.8 Å². The van der Waals surface area contributed by atoms with Crippen molar-refractivity contribution in [2.45, 2.75) is 10.9 Å². The molecule has 124 valence electrons. The molecular weight excluding hydrogens is 330 g/mol. The van der Waals surface area contributed by atoms with Gasteiger partial charge in [-0.25, -0.2) is 8.42 Å². The van der Waals surface area contributed by atoms with E-state index in [-0.39, 0.29) is 4.90 Å². The largest absolute Gasteiger partial charge is 0.241 e. The van der Waals surface area contributed by atoms with Crippen LogP contribution in [0.15, 0.2) is 95.9 Å². The van der Waals surface area contributed by atoms with Crippen LogP contribution in [0.4, 0.5) is 0 Å². The van der Waals surface area contributed by atoms with Crippen LogP contribution in [0.2, 0.25) is 0 Å². The average molecular weight is 347 g/mol. The Labute approximate surface area is 148 Å². The van der Waals surface area contributed by atoms with Crippen molar-refractivity contribution in [2.24, 2.45) is 0 Å². The fourth-order valence-corrected chi connectivity index (χ4v) is 3.48. The van der Waals surface area contributed by atoms with Gasteiger partial charge in [0.05, 0.1) is 4.90 Å². The molecule has 0 spiro atoms. The van der Waals surface area contributed by atoms with Gasteiger partial charge in [0.25, 0.3) is 0 Å². The topological polar surface area (TPSA) is 46.2 Å². The van der Waals surface area contributed by atoms with Gasteiger partial charge in [-0.3, -0.25) is 0 Å². The first-order valence-corrected chi connectivity index (χ1v) is 9.32. The van der Waals surface area contributed by atoms with Crippen molar-refractivity contribution in [3.8, 4) is 11.8 Å². The minimum atomic E-state index is -3.66. The van der Waals surface area contributed by atoms with E-state index in [2.05, 4.69) is 16.6 Å². The van der Waals surface area contributed by atoms with E-state index in [0.29, 0.717) is 0 Å². The lowest BCUT2D eigenvalue weighted by Gasteiger charge is -2.14. The highest BCUT2D eigenvalue weighted by Gasteiger charge is 2.19. The summed E-state index contributed by atoms with van der Waals surface area (Å²) in [5, 5.41) is 0. The zero-order chi connectivity index (χ0) is 17.5. The van der Waals surface area contributed by atoms with Crippen LogP contribution in [0.3, 0.4) is 0 Å². The van der Waals surface area contributed by atoms with Gasteiger partial charge in [-0.2, -0.15) is 4.72 Å². The van der Waals surface area contributed by atoms with Crippen LogP contribution in [0.5, 0.6) is 0 Å². The number of hydrogen-bond donors (Lipinski definition) is 1. The third-order valence-electron chi connectivity index (χ3n) is 3.59. The minimum absolute atomic E-state index is 0.220. The highest BCUT2D eigenvalue weighted by Crippen LogP contribution is 2.17. The van der Waals surface area contributed by atoms with Gasteiger partial charge < -0.3 is 0 Å². The van der Waals surface area contributed by atoms with Gasteiger partial charge in [-0.1, -0.05) is 78.6 Å². The average Bonchev–Trinajstić information content (AvgIpc) is 2.67. The molecule has 3 nitrogen and oxygen atoms in total. The summed E-state index contributed by atoms with van der Waals surface area (Å²) in [6, 6.07) is 26.5. The predicted octanol–water partition coefficient (Wildman–Crippen LogP) is 3.76. The van der Waals surface area contributed by atoms with Gasteiger partial charge in [-0.05, 0) is 29.8 Å². The summed E-state index contributed by atoms with van der Waals surface area (Å²) in [5.74, 6) is 6.08. The molecule has 1 atom stereocenters. The third kappa shape index (κ3) is 4.57. The molecule has 1 unspecified atom stereocenters. The van der Waals surface area contributed by atoms with Crippen molar-refractivity contribution in [3.05, 3.63) is 102 Å². The van der Waals surface area contributed by atoms with Crippen molar-refractivity contribution < 1.29 is 8.42 Å². The molecule has 25 heavy (non-hydrogen) atoms. The smallest absolute Gasteiger partial charge is 0.207 e. The van der Waals surface area contributed by atoms with Crippen LogP contribution < -0.4 is 4.72 Å². The van der Waals surface area contributed by atoms with E-state index in [1.165, 1.54) is 0 Å². The van der Waals surface area contributed by atoms with E-state index in [0.717, 1.165) is 11.1 Å². The predicted molar refractivity (Wildman–Crippen MR) is 99.3 cm³/mol. The van der Waals surface area contributed by atoms with E-state index < -0.39 is 16.1 Å². The fraction of sp³-hybridized carbons (Fsp3) is 0.0476. The Morgan fingerprint density at radius 2 is 1.24 bits per heavy atom. The molecule has 0 aliphatic heterocycles. The molecular formula is C21H17NO2S. The Morgan fingerprint density at radius 3 is 1.84 bits per heavy atom. The van der Waals surface area contributed by atoms with E-state index in [1.807, 2.05) is 60.7 Å². The lowest BCUT2D eigenvalue weighted by Crippen LogP contribution is -2.27. The Hall–Kier alpha value is -2.87. The summed E-state index contributed by atoms with van der Waals surface area (Å²) in [6.07, 6.45) is 0. The summed E-state index contributed by atoms with van der Waals surface area (Å²) in [4.78, 5) is 0.220. The standard InChI is InChI=1S/C21H17NO2S/c23-25(24,20-14-8-3-9-15-20)22-21(19-12-6-2-7-13-19)17-16-18-10-4-1-5-11-18/h1-15,21-22H. The van der Waals surface area contributed by atoms with Crippen LogP contribution >= 0.6 is 0 Å². The molecule has 3 rings (SSSR count). The molecule has 1 N–H and O–H groups in total. The summed E-state index contributed by atoms with van der Waals surface area (Å²) in [7, 11) is -3.66. The second kappa shape index (κ2) is 7.80. The van der Waals surface area contributed by atoms with Crippen LogP contribution in [-0.4, -0.2) is 8.42 Å². The molecule has 0 saturated heterocycles. The molecule has 0 bridgehead atoms. The van der Waals surface area contributed by atoms with Gasteiger partial charge >= 0.3 is 0 Å². The summed E-state index contributed by atoms with van der Waals surface area (Å²) < 4.78 is 28.0. The number of sulfonamides is 1. The maximum Gasteiger partial charge on any atom is 0.241 e. The normalized spacial score (nSPS) is 12.0. The second-order valence-corrected chi connectivity index (χ2v) is 7.13. The van der Waals surface area contributed by atoms with Crippen molar-refractivity contribution in [1.82, 2.24) is 4.72 Å². The van der Waals surface area contributed by atoms with Gasteiger partial charge in [-0.15, -0.1) is 0 Å². The Bertz CT molecular complexity index is 974. The first kappa shape index (κ1) is 17.0. The monoisotopic (exact) mass is 347 g/mol. The van der Waals surface area contributed by atoms with Crippen LogP contribution in [0.1, 0.15) is 17.2 Å². The Kier molecular flexibility index (Phi) is 5.30. The fourth-order valence-electron chi connectivity index (χ4n) is 2.33. The minimum Gasteiger partial charge on any atom is -0.207 e. The molecule has 4 heteroatoms. The van der Waals surface area contributed by atoms with Crippen molar-refractivity contribution in [2.75, 3.05) is 0 Å². The lowest BCUT2D eigenvalue weighted by atomic mass is 10.1. The third-order valence-corrected chi connectivity index (χ3v) is 5.03. The van der Waals surface area contributed by atoms with E-state index >= 15 is 0 Å². The van der Waals surface area contributed by atoms with E-state index in [9.17, 15) is 8.42 Å². The number of nitrogens with one attached hydrogen (secondary N) is 1. The van der Waals surface area contributed by atoms with Gasteiger partial charge in [0, 0.05) is 5.56 Å². The molecule has 0 saturated carbocycles. The zero-order valence-corrected chi connectivity index (χ0v) is 14.3. The first-order valence-electron chi connectivity index (χ1n) is 7.84. The number of hydrogen-bond acceptors (Lipinski definition) is 2. The molecule has 0 radical (unpaired) electrons. The Morgan fingerprint density at radius 1 is 0.720 bits per heavy atom. The van der Waals surface area contributed by atoms with Crippen LogP contribution in [0.25, 0.3) is 0 Å². The van der Waals surface area contributed by atoms with Gasteiger partial charge in [0.15, 0.2) is 0 Å². The second-order valence-electron chi connectivity index (χ2n) is 5.41. The maximum absolute atomic E-state index is 12.6. The number of rotatable bonds is 4. The van der Waals surface area contributed by atoms with Crippen molar-refractivity contribution in [3.63, 3.8) is 0 Å². The van der Waals surface area contributed by atoms with Crippen LogP contribution in [-0.2, 0) is 10.0 Å². The molecule has 3 aromatic carbocycles. The zero-order valence-electron chi connectivity index (χ0n) is 13.5.